The van der Waals surface area contributed by atoms with Crippen molar-refractivity contribution in [2.24, 2.45) is 5.73 Å². The first kappa shape index (κ1) is 22.4. The summed E-state index contributed by atoms with van der Waals surface area (Å²) in [6.07, 6.45) is 5.37. The number of fused-ring (bicyclic) bond motifs is 1. The Hall–Kier alpha value is -1.83. The number of piperidine rings is 1. The molecule has 0 aromatic heterocycles. The summed E-state index contributed by atoms with van der Waals surface area (Å²) in [4.78, 5) is 4.98. The van der Waals surface area contributed by atoms with E-state index in [2.05, 4.69) is 34.1 Å². The van der Waals surface area contributed by atoms with E-state index in [9.17, 15) is 8.78 Å². The molecule has 1 unspecified atom stereocenters. The molecule has 1 atom stereocenters. The Morgan fingerprint density at radius 2 is 1.81 bits per heavy atom. The molecule has 0 saturated carbocycles. The number of ether oxygens (including phenoxy) is 1. The summed E-state index contributed by atoms with van der Waals surface area (Å²) in [6, 6.07) is 12.8. The van der Waals surface area contributed by atoms with Gasteiger partial charge in [-0.15, -0.1) is 11.8 Å². The fraction of sp³-hybridized carbons (Fsp3) is 0.500. The van der Waals surface area contributed by atoms with Crippen molar-refractivity contribution in [1.82, 2.24) is 4.90 Å². The molecular weight excluding hydrogens is 416 g/mol. The van der Waals surface area contributed by atoms with Gasteiger partial charge in [-0.1, -0.05) is 18.2 Å². The number of thioether (sulfide) groups is 1. The minimum Gasteiger partial charge on any atom is -0.493 e. The Balaban J connectivity index is 1.15. The zero-order valence-electron chi connectivity index (χ0n) is 17.8. The molecule has 2 N–H and O–H groups in total. The number of likely N-dealkylation sites (tertiary alicyclic amines) is 1. The van der Waals surface area contributed by atoms with Gasteiger partial charge in [-0.2, -0.15) is 0 Å². The lowest BCUT2D eigenvalue weighted by atomic mass is 10.0. The molecule has 7 heteroatoms. The number of nitrogens with zero attached hydrogens (tertiary/aromatic N) is 2. The Kier molecular flexibility index (Phi) is 7.69. The SMILES string of the molecule is NC1SCc2ccccc2N1C1CCN(CCCCCOc2ccc(F)c(F)c2)CC1. The number of unbranched alkanes of at least 4 members (excludes halogenated alkanes) is 2. The summed E-state index contributed by atoms with van der Waals surface area (Å²) in [5.41, 5.74) is 9.21. The van der Waals surface area contributed by atoms with Crippen molar-refractivity contribution in [3.63, 3.8) is 0 Å². The number of benzene rings is 2. The van der Waals surface area contributed by atoms with E-state index in [0.29, 0.717) is 18.4 Å². The molecule has 0 spiro atoms. The molecular formula is C24H31F2N3OS. The van der Waals surface area contributed by atoms with Gasteiger partial charge in [0.25, 0.3) is 0 Å². The molecule has 0 bridgehead atoms. The topological polar surface area (TPSA) is 41.7 Å². The zero-order valence-corrected chi connectivity index (χ0v) is 18.6. The van der Waals surface area contributed by atoms with Crippen LogP contribution in [0.5, 0.6) is 5.75 Å². The highest BCUT2D eigenvalue weighted by Gasteiger charge is 2.32. The maximum atomic E-state index is 13.2. The standard InChI is InChI=1S/C24H31F2N3OS/c25-21-9-8-20(16-22(21)26)30-15-5-1-4-12-28-13-10-19(11-14-28)29-23-7-3-2-6-18(23)17-31-24(29)27/h2-3,6-9,16,19,24H,1,4-5,10-15,17,27H2. The maximum Gasteiger partial charge on any atom is 0.162 e. The number of nitrogens with two attached hydrogens (primary N) is 1. The van der Waals surface area contributed by atoms with Gasteiger partial charge in [0, 0.05) is 36.6 Å². The van der Waals surface area contributed by atoms with Crippen LogP contribution in [0.25, 0.3) is 0 Å². The predicted octanol–water partition coefficient (Wildman–Crippen LogP) is 4.97. The second-order valence-electron chi connectivity index (χ2n) is 8.30. The van der Waals surface area contributed by atoms with Crippen LogP contribution in [0.2, 0.25) is 0 Å². The Bertz CT molecular complexity index is 860. The lowest BCUT2D eigenvalue weighted by Crippen LogP contribution is -2.52. The number of halogens is 2. The van der Waals surface area contributed by atoms with Crippen molar-refractivity contribution in [3.8, 4) is 5.75 Å². The van der Waals surface area contributed by atoms with Crippen molar-refractivity contribution < 1.29 is 13.5 Å². The molecule has 2 aliphatic rings. The van der Waals surface area contributed by atoms with Gasteiger partial charge in [0.1, 0.15) is 11.2 Å². The van der Waals surface area contributed by atoms with Gasteiger partial charge in [-0.3, -0.25) is 0 Å². The molecule has 31 heavy (non-hydrogen) atoms. The summed E-state index contributed by atoms with van der Waals surface area (Å²) in [5.74, 6) is -0.335. The van der Waals surface area contributed by atoms with Gasteiger partial charge in [-0.05, 0) is 62.4 Å². The highest BCUT2D eigenvalue weighted by atomic mass is 32.2. The van der Waals surface area contributed by atoms with Crippen molar-refractivity contribution >= 4 is 17.4 Å². The van der Waals surface area contributed by atoms with Crippen LogP contribution in [0.3, 0.4) is 0 Å². The fourth-order valence-corrected chi connectivity index (χ4v) is 5.51. The van der Waals surface area contributed by atoms with Crippen molar-refractivity contribution in [2.75, 3.05) is 31.1 Å². The molecule has 4 nitrogen and oxygen atoms in total. The van der Waals surface area contributed by atoms with E-state index in [0.717, 1.165) is 69.6 Å². The summed E-state index contributed by atoms with van der Waals surface area (Å²) in [5, 5.41) is 0. The molecule has 4 rings (SSSR count). The number of hydrogen-bond acceptors (Lipinski definition) is 5. The van der Waals surface area contributed by atoms with E-state index in [4.69, 9.17) is 10.5 Å². The van der Waals surface area contributed by atoms with Crippen LogP contribution in [0.1, 0.15) is 37.7 Å². The minimum atomic E-state index is -0.867. The van der Waals surface area contributed by atoms with E-state index < -0.39 is 11.6 Å². The Morgan fingerprint density at radius 3 is 2.61 bits per heavy atom. The monoisotopic (exact) mass is 447 g/mol. The van der Waals surface area contributed by atoms with Gasteiger partial charge in [0.2, 0.25) is 0 Å². The van der Waals surface area contributed by atoms with Crippen LogP contribution in [-0.4, -0.2) is 42.7 Å². The largest absolute Gasteiger partial charge is 0.493 e. The molecule has 1 saturated heterocycles. The highest BCUT2D eigenvalue weighted by molar-refractivity contribution is 7.99. The van der Waals surface area contributed by atoms with Gasteiger partial charge in [-0.25, -0.2) is 8.78 Å². The first-order chi connectivity index (χ1) is 15.1. The first-order valence-corrected chi connectivity index (χ1v) is 12.2. The number of para-hydroxylation sites is 1. The van der Waals surface area contributed by atoms with E-state index in [1.165, 1.54) is 17.3 Å². The van der Waals surface area contributed by atoms with E-state index in [1.54, 1.807) is 0 Å². The second-order valence-corrected chi connectivity index (χ2v) is 9.40. The van der Waals surface area contributed by atoms with Crippen LogP contribution in [-0.2, 0) is 5.75 Å². The van der Waals surface area contributed by atoms with Gasteiger partial charge >= 0.3 is 0 Å². The van der Waals surface area contributed by atoms with Crippen molar-refractivity contribution in [1.29, 1.82) is 0 Å². The lowest BCUT2D eigenvalue weighted by Gasteiger charge is -2.45. The molecule has 2 aromatic rings. The smallest absolute Gasteiger partial charge is 0.162 e. The molecule has 2 heterocycles. The molecule has 0 amide bonds. The number of anilines is 1. The second kappa shape index (κ2) is 10.7. The summed E-state index contributed by atoms with van der Waals surface area (Å²) in [7, 11) is 0. The van der Waals surface area contributed by atoms with Crippen LogP contribution >= 0.6 is 11.8 Å². The predicted molar refractivity (Wildman–Crippen MR) is 123 cm³/mol. The first-order valence-electron chi connectivity index (χ1n) is 11.2. The average Bonchev–Trinajstić information content (AvgIpc) is 2.79. The molecule has 2 aliphatic heterocycles. The Labute approximate surface area is 187 Å². The zero-order chi connectivity index (χ0) is 21.6. The summed E-state index contributed by atoms with van der Waals surface area (Å²) < 4.78 is 31.6. The van der Waals surface area contributed by atoms with Crippen LogP contribution < -0.4 is 15.4 Å². The van der Waals surface area contributed by atoms with E-state index in [-0.39, 0.29) is 5.50 Å². The molecule has 1 fully saturated rings. The lowest BCUT2D eigenvalue weighted by molar-refractivity contribution is 0.202. The number of rotatable bonds is 8. The third-order valence-electron chi connectivity index (χ3n) is 6.18. The maximum absolute atomic E-state index is 13.2. The van der Waals surface area contributed by atoms with E-state index in [1.807, 2.05) is 11.8 Å². The van der Waals surface area contributed by atoms with Gasteiger partial charge < -0.3 is 20.3 Å². The van der Waals surface area contributed by atoms with Crippen LogP contribution in [0.15, 0.2) is 42.5 Å². The minimum absolute atomic E-state index is 0.0426. The van der Waals surface area contributed by atoms with Gasteiger partial charge in [0.15, 0.2) is 11.6 Å². The van der Waals surface area contributed by atoms with Crippen LogP contribution in [0.4, 0.5) is 14.5 Å². The molecule has 168 valence electrons. The normalized spacial score (nSPS) is 20.0. The van der Waals surface area contributed by atoms with Crippen LogP contribution in [0, 0.1) is 11.6 Å². The summed E-state index contributed by atoms with van der Waals surface area (Å²) in [6.45, 7) is 3.82. The van der Waals surface area contributed by atoms with E-state index >= 15 is 0 Å². The third-order valence-corrected chi connectivity index (χ3v) is 7.23. The molecule has 2 aromatic carbocycles. The number of hydrogen-bond donors (Lipinski definition) is 1. The van der Waals surface area contributed by atoms with Gasteiger partial charge in [0.05, 0.1) is 6.61 Å². The van der Waals surface area contributed by atoms with Crippen molar-refractivity contribution in [3.05, 3.63) is 59.7 Å². The highest BCUT2D eigenvalue weighted by Crippen LogP contribution is 2.37. The quantitative estimate of drug-likeness (QED) is 0.579. The molecule has 0 aliphatic carbocycles. The third kappa shape index (κ3) is 5.70. The fourth-order valence-electron chi connectivity index (χ4n) is 4.47. The van der Waals surface area contributed by atoms with Crippen molar-refractivity contribution in [2.45, 2.75) is 49.4 Å². The summed E-state index contributed by atoms with van der Waals surface area (Å²) >= 11 is 1.82. The molecule has 0 radical (unpaired) electrons. The Morgan fingerprint density at radius 1 is 1.00 bits per heavy atom. The average molecular weight is 448 g/mol.